The van der Waals surface area contributed by atoms with Crippen molar-refractivity contribution < 1.29 is 17.9 Å². The molecule has 0 spiro atoms. The lowest BCUT2D eigenvalue weighted by atomic mass is 10.3. The summed E-state index contributed by atoms with van der Waals surface area (Å²) in [6.45, 7) is 3.42. The molecule has 0 saturated heterocycles. The van der Waals surface area contributed by atoms with E-state index >= 15 is 0 Å². The molecule has 0 bridgehead atoms. The maximum atomic E-state index is 11.4. The van der Waals surface area contributed by atoms with Gasteiger partial charge < -0.3 is 10.5 Å². The number of hydrogen-bond acceptors (Lipinski definition) is 5. The molecule has 0 aromatic rings. The van der Waals surface area contributed by atoms with Gasteiger partial charge in [-0.3, -0.25) is 4.79 Å². The van der Waals surface area contributed by atoms with Gasteiger partial charge in [-0.25, -0.2) is 8.42 Å². The highest BCUT2D eigenvalue weighted by atomic mass is 32.2. The second kappa shape index (κ2) is 3.51. The molecule has 2 unspecified atom stereocenters. The Balaban J connectivity index is 2.72. The Morgan fingerprint density at radius 3 is 2.57 bits per heavy atom. The van der Waals surface area contributed by atoms with Gasteiger partial charge in [-0.1, -0.05) is 6.92 Å². The van der Waals surface area contributed by atoms with Gasteiger partial charge in [0.2, 0.25) is 0 Å². The Morgan fingerprint density at radius 2 is 2.14 bits per heavy atom. The summed E-state index contributed by atoms with van der Waals surface area (Å²) >= 11 is 0. The van der Waals surface area contributed by atoms with E-state index < -0.39 is 26.6 Å². The SMILES string of the molecule is CCOC(=O)C1(N)CC1S(=O)(=O)CC. The third-order valence-corrected chi connectivity index (χ3v) is 4.69. The first-order valence-corrected chi connectivity index (χ1v) is 6.27. The summed E-state index contributed by atoms with van der Waals surface area (Å²) in [5.74, 6) is -0.599. The minimum Gasteiger partial charge on any atom is -0.465 e. The number of rotatable bonds is 4. The second-order valence-electron chi connectivity index (χ2n) is 3.41. The van der Waals surface area contributed by atoms with Gasteiger partial charge in [0.25, 0.3) is 0 Å². The van der Waals surface area contributed by atoms with E-state index in [0.717, 1.165) is 0 Å². The van der Waals surface area contributed by atoms with Crippen LogP contribution in [0.15, 0.2) is 0 Å². The van der Waals surface area contributed by atoms with Crippen LogP contribution in [0.1, 0.15) is 20.3 Å². The molecule has 82 valence electrons. The fourth-order valence-electron chi connectivity index (χ4n) is 1.38. The Bertz CT molecular complexity index is 337. The topological polar surface area (TPSA) is 86.5 Å². The molecule has 1 aliphatic carbocycles. The summed E-state index contributed by atoms with van der Waals surface area (Å²) in [6.07, 6.45) is 0.183. The number of sulfone groups is 1. The van der Waals surface area contributed by atoms with Crippen LogP contribution in [-0.2, 0) is 19.4 Å². The fourth-order valence-corrected chi connectivity index (χ4v) is 3.05. The lowest BCUT2D eigenvalue weighted by molar-refractivity contribution is -0.145. The first kappa shape index (κ1) is 11.5. The van der Waals surface area contributed by atoms with Gasteiger partial charge in [-0.15, -0.1) is 0 Å². The highest BCUT2D eigenvalue weighted by Gasteiger charge is 2.64. The molecule has 2 N–H and O–H groups in total. The zero-order valence-electron chi connectivity index (χ0n) is 8.32. The summed E-state index contributed by atoms with van der Waals surface area (Å²) in [5.41, 5.74) is 4.34. The largest absolute Gasteiger partial charge is 0.465 e. The van der Waals surface area contributed by atoms with Gasteiger partial charge in [0.05, 0.1) is 11.9 Å². The summed E-state index contributed by atoms with van der Waals surface area (Å²) < 4.78 is 27.5. The Hall–Kier alpha value is -0.620. The molecule has 1 rings (SSSR count). The van der Waals surface area contributed by atoms with Crippen LogP contribution in [0.4, 0.5) is 0 Å². The van der Waals surface area contributed by atoms with Crippen LogP contribution in [0.5, 0.6) is 0 Å². The standard InChI is InChI=1S/C8H15NO4S/c1-3-13-7(10)8(9)5-6(8)14(11,12)4-2/h6H,3-5,9H2,1-2H3. The number of carbonyl (C=O) groups is 1. The Kier molecular flexibility index (Phi) is 2.87. The zero-order chi connectivity index (χ0) is 11.0. The molecule has 1 fully saturated rings. The summed E-state index contributed by atoms with van der Waals surface area (Å²) in [5, 5.41) is -0.751. The van der Waals surface area contributed by atoms with Crippen LogP contribution < -0.4 is 5.73 Å². The van der Waals surface area contributed by atoms with Crippen LogP contribution in [0.2, 0.25) is 0 Å². The van der Waals surface area contributed by atoms with Crippen molar-refractivity contribution in [2.75, 3.05) is 12.4 Å². The minimum atomic E-state index is -3.22. The Labute approximate surface area is 83.5 Å². The van der Waals surface area contributed by atoms with Crippen molar-refractivity contribution >= 4 is 15.8 Å². The molecule has 0 amide bonds. The molecule has 1 aliphatic rings. The number of nitrogens with two attached hydrogens (primary N) is 1. The monoisotopic (exact) mass is 221 g/mol. The van der Waals surface area contributed by atoms with Crippen LogP contribution in [0.3, 0.4) is 0 Å². The van der Waals surface area contributed by atoms with Crippen molar-refractivity contribution in [3.05, 3.63) is 0 Å². The third kappa shape index (κ3) is 1.76. The highest BCUT2D eigenvalue weighted by Crippen LogP contribution is 2.40. The minimum absolute atomic E-state index is 0.00994. The molecule has 2 atom stereocenters. The van der Waals surface area contributed by atoms with E-state index in [4.69, 9.17) is 10.5 Å². The first-order valence-electron chi connectivity index (χ1n) is 4.56. The number of ether oxygens (including phenoxy) is 1. The molecule has 6 heteroatoms. The molecule has 0 aliphatic heterocycles. The van der Waals surface area contributed by atoms with Crippen molar-refractivity contribution in [3.8, 4) is 0 Å². The molecule has 1 saturated carbocycles. The second-order valence-corrected chi connectivity index (χ2v) is 5.88. The average molecular weight is 221 g/mol. The maximum Gasteiger partial charge on any atom is 0.327 e. The quantitative estimate of drug-likeness (QED) is 0.644. The third-order valence-electron chi connectivity index (χ3n) is 2.43. The van der Waals surface area contributed by atoms with E-state index in [0.29, 0.717) is 0 Å². The van der Waals surface area contributed by atoms with Gasteiger partial charge in [-0.05, 0) is 13.3 Å². The smallest absolute Gasteiger partial charge is 0.327 e. The molecule has 0 aromatic heterocycles. The molecule has 0 radical (unpaired) electrons. The van der Waals surface area contributed by atoms with Crippen LogP contribution >= 0.6 is 0 Å². The molecule has 0 aromatic carbocycles. The van der Waals surface area contributed by atoms with Crippen molar-refractivity contribution in [1.29, 1.82) is 0 Å². The maximum absolute atomic E-state index is 11.4. The lowest BCUT2D eigenvalue weighted by Gasteiger charge is -2.09. The fraction of sp³-hybridized carbons (Fsp3) is 0.875. The number of esters is 1. The van der Waals surface area contributed by atoms with Gasteiger partial charge in [-0.2, -0.15) is 0 Å². The molecule has 5 nitrogen and oxygen atoms in total. The number of carbonyl (C=O) groups excluding carboxylic acids is 1. The van der Waals surface area contributed by atoms with E-state index in [-0.39, 0.29) is 18.8 Å². The summed E-state index contributed by atoms with van der Waals surface area (Å²) in [7, 11) is -3.22. The molecular formula is C8H15NO4S. The normalized spacial score (nSPS) is 31.2. The van der Waals surface area contributed by atoms with Crippen molar-refractivity contribution in [2.24, 2.45) is 5.73 Å². The number of hydrogen-bond donors (Lipinski definition) is 1. The van der Waals surface area contributed by atoms with Crippen LogP contribution in [0.25, 0.3) is 0 Å². The Morgan fingerprint density at radius 1 is 1.57 bits per heavy atom. The molecular weight excluding hydrogens is 206 g/mol. The summed E-state index contributed by atoms with van der Waals surface area (Å²) in [4.78, 5) is 11.3. The average Bonchev–Trinajstić information content (AvgIpc) is 2.81. The van der Waals surface area contributed by atoms with Crippen LogP contribution in [0, 0.1) is 0 Å². The zero-order valence-corrected chi connectivity index (χ0v) is 9.13. The van der Waals surface area contributed by atoms with E-state index in [1.54, 1.807) is 13.8 Å². The van der Waals surface area contributed by atoms with Gasteiger partial charge >= 0.3 is 5.97 Å². The van der Waals surface area contributed by atoms with Gasteiger partial charge in [0.15, 0.2) is 9.84 Å². The lowest BCUT2D eigenvalue weighted by Crippen LogP contribution is -2.40. The predicted octanol–water partition coefficient (Wildman–Crippen LogP) is -0.546. The summed E-state index contributed by atoms with van der Waals surface area (Å²) in [6, 6.07) is 0. The van der Waals surface area contributed by atoms with E-state index in [1.807, 2.05) is 0 Å². The van der Waals surface area contributed by atoms with E-state index in [1.165, 1.54) is 0 Å². The van der Waals surface area contributed by atoms with Crippen molar-refractivity contribution in [1.82, 2.24) is 0 Å². The first-order chi connectivity index (χ1) is 6.38. The van der Waals surface area contributed by atoms with Crippen LogP contribution in [-0.4, -0.2) is 37.5 Å². The highest BCUT2D eigenvalue weighted by molar-refractivity contribution is 7.92. The van der Waals surface area contributed by atoms with E-state index in [9.17, 15) is 13.2 Å². The molecule has 14 heavy (non-hydrogen) atoms. The van der Waals surface area contributed by atoms with Gasteiger partial charge in [0, 0.05) is 5.75 Å². The van der Waals surface area contributed by atoms with E-state index in [2.05, 4.69) is 0 Å². The van der Waals surface area contributed by atoms with Crippen molar-refractivity contribution in [3.63, 3.8) is 0 Å². The molecule has 0 heterocycles. The predicted molar refractivity (Wildman–Crippen MR) is 51.4 cm³/mol. The van der Waals surface area contributed by atoms with Crippen molar-refractivity contribution in [2.45, 2.75) is 31.1 Å². The van der Waals surface area contributed by atoms with Gasteiger partial charge in [0.1, 0.15) is 5.54 Å².